The number of aryl methyl sites for hydroxylation is 1. The van der Waals surface area contributed by atoms with E-state index in [2.05, 4.69) is 36.8 Å². The summed E-state index contributed by atoms with van der Waals surface area (Å²) >= 11 is 6.19. The molecule has 0 amide bonds. The Morgan fingerprint density at radius 2 is 1.89 bits per heavy atom. The van der Waals surface area contributed by atoms with Gasteiger partial charge in [0.15, 0.2) is 5.82 Å². The zero-order valence-electron chi connectivity index (χ0n) is 15.5. The topological polar surface area (TPSA) is 75.2 Å². The van der Waals surface area contributed by atoms with E-state index in [9.17, 15) is 0 Å². The Morgan fingerprint density at radius 3 is 2.71 bits per heavy atom. The summed E-state index contributed by atoms with van der Waals surface area (Å²) in [7, 11) is 0. The number of anilines is 5. The molecule has 0 aliphatic carbocycles. The molecule has 0 spiro atoms. The van der Waals surface area contributed by atoms with E-state index in [1.165, 1.54) is 0 Å². The summed E-state index contributed by atoms with van der Waals surface area (Å²) in [6.45, 7) is 5.15. The molecule has 1 saturated heterocycles. The van der Waals surface area contributed by atoms with E-state index in [1.807, 2.05) is 43.3 Å². The molecule has 7 nitrogen and oxygen atoms in total. The monoisotopic (exact) mass is 396 g/mol. The van der Waals surface area contributed by atoms with Gasteiger partial charge in [0, 0.05) is 23.8 Å². The Balaban J connectivity index is 1.53. The highest BCUT2D eigenvalue weighted by atomic mass is 35.5. The minimum Gasteiger partial charge on any atom is -0.378 e. The highest BCUT2D eigenvalue weighted by Gasteiger charge is 2.15. The molecule has 0 atom stereocenters. The predicted molar refractivity (Wildman–Crippen MR) is 112 cm³/mol. The maximum atomic E-state index is 6.19. The Bertz CT molecular complexity index is 961. The van der Waals surface area contributed by atoms with Gasteiger partial charge in [0.1, 0.15) is 0 Å². The molecule has 28 heavy (non-hydrogen) atoms. The summed E-state index contributed by atoms with van der Waals surface area (Å²) in [6, 6.07) is 13.9. The van der Waals surface area contributed by atoms with Crippen LogP contribution in [0.2, 0.25) is 5.02 Å². The third kappa shape index (κ3) is 4.32. The van der Waals surface area contributed by atoms with Crippen molar-refractivity contribution in [2.75, 3.05) is 41.8 Å². The van der Waals surface area contributed by atoms with Crippen molar-refractivity contribution in [2.45, 2.75) is 6.92 Å². The van der Waals surface area contributed by atoms with Crippen molar-refractivity contribution >= 4 is 40.4 Å². The number of nitrogens with one attached hydrogen (secondary N) is 2. The first-order valence-electron chi connectivity index (χ1n) is 9.11. The van der Waals surface area contributed by atoms with Crippen LogP contribution in [0.3, 0.4) is 0 Å². The normalized spacial score (nSPS) is 14.0. The second-order valence-electron chi connectivity index (χ2n) is 6.50. The van der Waals surface area contributed by atoms with E-state index < -0.39 is 0 Å². The highest BCUT2D eigenvalue weighted by molar-refractivity contribution is 6.31. The van der Waals surface area contributed by atoms with Gasteiger partial charge in [-0.25, -0.2) is 0 Å². The average molecular weight is 397 g/mol. The number of nitrogens with zero attached hydrogens (tertiary/aromatic N) is 4. The summed E-state index contributed by atoms with van der Waals surface area (Å²) < 4.78 is 5.46. The number of halogens is 1. The van der Waals surface area contributed by atoms with Crippen molar-refractivity contribution in [2.24, 2.45) is 0 Å². The largest absolute Gasteiger partial charge is 0.378 e. The number of ether oxygens (including phenoxy) is 1. The van der Waals surface area contributed by atoms with Gasteiger partial charge < -0.3 is 20.3 Å². The molecule has 2 aromatic carbocycles. The van der Waals surface area contributed by atoms with Crippen molar-refractivity contribution in [3.63, 3.8) is 0 Å². The van der Waals surface area contributed by atoms with E-state index in [-0.39, 0.29) is 0 Å². The van der Waals surface area contributed by atoms with Crippen LogP contribution in [0.1, 0.15) is 5.56 Å². The molecule has 2 N–H and O–H groups in total. The van der Waals surface area contributed by atoms with Gasteiger partial charge in [0.2, 0.25) is 5.95 Å². The van der Waals surface area contributed by atoms with Crippen LogP contribution in [0.25, 0.3) is 0 Å². The maximum Gasteiger partial charge on any atom is 0.249 e. The molecular formula is C20H21ClN6O. The third-order valence-corrected chi connectivity index (χ3v) is 4.91. The molecule has 3 aromatic rings. The first-order chi connectivity index (χ1) is 13.7. The number of hydrogen-bond donors (Lipinski definition) is 2. The summed E-state index contributed by atoms with van der Waals surface area (Å²) in [5.41, 5.74) is 3.91. The lowest BCUT2D eigenvalue weighted by atomic mass is 10.2. The van der Waals surface area contributed by atoms with Crippen molar-refractivity contribution in [3.8, 4) is 0 Å². The van der Waals surface area contributed by atoms with E-state index >= 15 is 0 Å². The lowest BCUT2D eigenvalue weighted by Gasteiger charge is -2.30. The molecule has 1 fully saturated rings. The Kier molecular flexibility index (Phi) is 5.55. The van der Waals surface area contributed by atoms with Crippen LogP contribution in [0.15, 0.2) is 48.7 Å². The number of hydrogen-bond acceptors (Lipinski definition) is 7. The molecule has 1 aliphatic heterocycles. The molecule has 0 bridgehead atoms. The lowest BCUT2D eigenvalue weighted by molar-refractivity contribution is 0.123. The second kappa shape index (κ2) is 8.41. The lowest BCUT2D eigenvalue weighted by Crippen LogP contribution is -2.36. The average Bonchev–Trinajstić information content (AvgIpc) is 2.72. The second-order valence-corrected chi connectivity index (χ2v) is 6.90. The van der Waals surface area contributed by atoms with E-state index in [0.29, 0.717) is 16.8 Å². The zero-order chi connectivity index (χ0) is 19.3. The predicted octanol–water partition coefficient (Wildman–Crippen LogP) is 4.16. The molecule has 0 radical (unpaired) electrons. The minimum absolute atomic E-state index is 0.397. The van der Waals surface area contributed by atoms with Crippen molar-refractivity contribution in [3.05, 3.63) is 59.2 Å². The maximum absolute atomic E-state index is 6.19. The summed E-state index contributed by atoms with van der Waals surface area (Å²) in [5.74, 6) is 1.00. The number of morpholine rings is 1. The quantitative estimate of drug-likeness (QED) is 0.670. The first-order valence-corrected chi connectivity index (χ1v) is 9.48. The van der Waals surface area contributed by atoms with Crippen LogP contribution in [0, 0.1) is 6.92 Å². The molecule has 144 valence electrons. The van der Waals surface area contributed by atoms with Crippen LogP contribution >= 0.6 is 11.6 Å². The fraction of sp³-hybridized carbons (Fsp3) is 0.250. The molecule has 1 aromatic heterocycles. The molecule has 2 heterocycles. The standard InChI is InChI=1S/C20H21ClN6O/c1-14-6-7-15(12-16(14)21)23-20-25-19(13-22-26-20)24-17-4-2-3-5-18(17)27-8-10-28-11-9-27/h2-7,12-13H,8-11H2,1H3,(H2,23,24,25,26). The van der Waals surface area contributed by atoms with Gasteiger partial charge >= 0.3 is 0 Å². The molecule has 0 saturated carbocycles. The number of rotatable bonds is 5. The smallest absolute Gasteiger partial charge is 0.249 e. The molecule has 8 heteroatoms. The van der Waals surface area contributed by atoms with Gasteiger partial charge in [-0.3, -0.25) is 0 Å². The summed E-state index contributed by atoms with van der Waals surface area (Å²) in [5, 5.41) is 15.3. The molecular weight excluding hydrogens is 376 g/mol. The number of benzene rings is 2. The third-order valence-electron chi connectivity index (χ3n) is 4.51. The molecule has 1 aliphatic rings. The van der Waals surface area contributed by atoms with E-state index in [1.54, 1.807) is 6.20 Å². The van der Waals surface area contributed by atoms with Crippen LogP contribution in [-0.4, -0.2) is 41.5 Å². The SMILES string of the molecule is Cc1ccc(Nc2nncc(Nc3ccccc3N3CCOCC3)n2)cc1Cl. The summed E-state index contributed by atoms with van der Waals surface area (Å²) in [4.78, 5) is 6.82. The van der Waals surface area contributed by atoms with Gasteiger partial charge in [0.05, 0.1) is 30.8 Å². The fourth-order valence-corrected chi connectivity index (χ4v) is 3.19. The fourth-order valence-electron chi connectivity index (χ4n) is 3.01. The number of para-hydroxylation sites is 2. The van der Waals surface area contributed by atoms with Crippen LogP contribution in [0.5, 0.6) is 0 Å². The first kappa shape index (κ1) is 18.5. The molecule has 4 rings (SSSR count). The summed E-state index contributed by atoms with van der Waals surface area (Å²) in [6.07, 6.45) is 1.60. The van der Waals surface area contributed by atoms with Crippen molar-refractivity contribution in [1.29, 1.82) is 0 Å². The molecule has 0 unspecified atom stereocenters. The van der Waals surface area contributed by atoms with Crippen LogP contribution in [-0.2, 0) is 4.74 Å². The highest BCUT2D eigenvalue weighted by Crippen LogP contribution is 2.29. The zero-order valence-corrected chi connectivity index (χ0v) is 16.3. The van der Waals surface area contributed by atoms with Gasteiger partial charge in [-0.1, -0.05) is 29.8 Å². The van der Waals surface area contributed by atoms with Crippen LogP contribution < -0.4 is 15.5 Å². The Hall–Kier alpha value is -2.90. The van der Waals surface area contributed by atoms with Gasteiger partial charge in [0.25, 0.3) is 0 Å². The van der Waals surface area contributed by atoms with Crippen molar-refractivity contribution < 1.29 is 4.74 Å². The van der Waals surface area contributed by atoms with Crippen molar-refractivity contribution in [1.82, 2.24) is 15.2 Å². The Morgan fingerprint density at radius 1 is 1.07 bits per heavy atom. The van der Waals surface area contributed by atoms with Gasteiger partial charge in [-0.2, -0.15) is 10.1 Å². The van der Waals surface area contributed by atoms with E-state index in [4.69, 9.17) is 16.3 Å². The van der Waals surface area contributed by atoms with Gasteiger partial charge in [-0.05, 0) is 36.8 Å². The minimum atomic E-state index is 0.397. The van der Waals surface area contributed by atoms with E-state index in [0.717, 1.165) is 48.9 Å². The van der Waals surface area contributed by atoms with Crippen LogP contribution in [0.4, 0.5) is 28.8 Å². The Labute approximate surface area is 168 Å². The van der Waals surface area contributed by atoms with Gasteiger partial charge in [-0.15, -0.1) is 5.10 Å². The number of aromatic nitrogens is 3.